The maximum atomic E-state index is 12.4. The van der Waals surface area contributed by atoms with Gasteiger partial charge >= 0.3 is 0 Å². The van der Waals surface area contributed by atoms with Crippen LogP contribution in [0.5, 0.6) is 5.75 Å². The van der Waals surface area contributed by atoms with Crippen molar-refractivity contribution >= 4 is 18.3 Å². The molecular weight excluding hydrogens is 288 g/mol. The largest absolute Gasteiger partial charge is 0.508 e. The zero-order valence-corrected chi connectivity index (χ0v) is 13.3. The number of benzene rings is 1. The molecular formula is C16H25ClN2O2. The number of rotatable bonds is 7. The second kappa shape index (κ2) is 8.25. The zero-order chi connectivity index (χ0) is 14.5. The molecule has 0 aromatic heterocycles. The van der Waals surface area contributed by atoms with E-state index in [-0.39, 0.29) is 24.1 Å². The molecule has 0 saturated heterocycles. The fourth-order valence-corrected chi connectivity index (χ4v) is 2.39. The smallest absolute Gasteiger partial charge is 0.239 e. The Morgan fingerprint density at radius 2 is 2.19 bits per heavy atom. The molecule has 0 bridgehead atoms. The van der Waals surface area contributed by atoms with Gasteiger partial charge in [0.25, 0.3) is 0 Å². The maximum Gasteiger partial charge on any atom is 0.239 e. The van der Waals surface area contributed by atoms with Crippen molar-refractivity contribution in [2.75, 3.05) is 6.54 Å². The number of nitrogens with zero attached hydrogens (tertiary/aromatic N) is 1. The number of hydrogen-bond donors (Lipinski definition) is 2. The Balaban J connectivity index is 0.00000220. The number of phenolic OH excluding ortho intramolecular Hbond substituents is 1. The molecule has 0 heterocycles. The van der Waals surface area contributed by atoms with E-state index in [0.717, 1.165) is 24.9 Å². The molecule has 5 heteroatoms. The van der Waals surface area contributed by atoms with E-state index >= 15 is 0 Å². The van der Waals surface area contributed by atoms with Gasteiger partial charge in [0, 0.05) is 13.1 Å². The molecule has 1 fully saturated rings. The van der Waals surface area contributed by atoms with Crippen molar-refractivity contribution in [2.45, 2.75) is 45.2 Å². The molecule has 118 valence electrons. The van der Waals surface area contributed by atoms with Crippen LogP contribution in [0.15, 0.2) is 24.3 Å². The van der Waals surface area contributed by atoms with E-state index in [1.807, 2.05) is 17.9 Å². The first-order valence-corrected chi connectivity index (χ1v) is 7.42. The molecule has 0 spiro atoms. The molecule has 3 N–H and O–H groups in total. The van der Waals surface area contributed by atoms with Gasteiger partial charge in [0.05, 0.1) is 6.04 Å². The van der Waals surface area contributed by atoms with Crippen molar-refractivity contribution in [3.63, 3.8) is 0 Å². The molecule has 21 heavy (non-hydrogen) atoms. The summed E-state index contributed by atoms with van der Waals surface area (Å²) < 4.78 is 0. The molecule has 1 aliphatic carbocycles. The topological polar surface area (TPSA) is 66.6 Å². The molecule has 2 rings (SSSR count). The first-order valence-electron chi connectivity index (χ1n) is 7.42. The van der Waals surface area contributed by atoms with Gasteiger partial charge in [-0.05, 0) is 42.9 Å². The van der Waals surface area contributed by atoms with Gasteiger partial charge in [-0.3, -0.25) is 4.79 Å². The number of phenols is 1. The Labute approximate surface area is 132 Å². The highest BCUT2D eigenvalue weighted by Crippen LogP contribution is 2.30. The van der Waals surface area contributed by atoms with Crippen LogP contribution in [0.25, 0.3) is 0 Å². The molecule has 1 amide bonds. The molecule has 1 atom stereocenters. The molecule has 0 radical (unpaired) electrons. The van der Waals surface area contributed by atoms with E-state index in [1.165, 1.54) is 12.8 Å². The van der Waals surface area contributed by atoms with E-state index in [4.69, 9.17) is 5.73 Å². The number of hydrogen-bond acceptors (Lipinski definition) is 3. The molecule has 1 aliphatic rings. The lowest BCUT2D eigenvalue weighted by molar-refractivity contribution is -0.133. The monoisotopic (exact) mass is 312 g/mol. The van der Waals surface area contributed by atoms with Gasteiger partial charge in [0.15, 0.2) is 0 Å². The second-order valence-electron chi connectivity index (χ2n) is 5.73. The zero-order valence-electron chi connectivity index (χ0n) is 12.5. The van der Waals surface area contributed by atoms with E-state index in [2.05, 4.69) is 0 Å². The van der Waals surface area contributed by atoms with Crippen LogP contribution in [0, 0.1) is 5.92 Å². The summed E-state index contributed by atoms with van der Waals surface area (Å²) in [6.45, 7) is 3.35. The van der Waals surface area contributed by atoms with Gasteiger partial charge < -0.3 is 15.7 Å². The van der Waals surface area contributed by atoms with Gasteiger partial charge in [-0.15, -0.1) is 12.4 Å². The first-order chi connectivity index (χ1) is 9.60. The quantitative estimate of drug-likeness (QED) is 0.813. The van der Waals surface area contributed by atoms with Crippen LogP contribution < -0.4 is 5.73 Å². The number of carbonyl (C=O) groups is 1. The van der Waals surface area contributed by atoms with Crippen LogP contribution in [0.4, 0.5) is 0 Å². The van der Waals surface area contributed by atoms with Crippen LogP contribution in [0.2, 0.25) is 0 Å². The maximum absolute atomic E-state index is 12.4. The SMILES string of the molecule is CCCC(N)C(=O)N(Cc1cccc(O)c1)CC1CC1.Cl. The van der Waals surface area contributed by atoms with Crippen LogP contribution in [0.1, 0.15) is 38.2 Å². The van der Waals surface area contributed by atoms with Crippen molar-refractivity contribution in [1.29, 1.82) is 0 Å². The standard InChI is InChI=1S/C16H24N2O2.ClH/c1-2-4-15(17)16(20)18(10-12-7-8-12)11-13-5-3-6-14(19)9-13;/h3,5-6,9,12,15,19H,2,4,7-8,10-11,17H2,1H3;1H. The predicted octanol–water partition coefficient (Wildman–Crippen LogP) is 2.68. The van der Waals surface area contributed by atoms with Gasteiger partial charge in [0.1, 0.15) is 5.75 Å². The Morgan fingerprint density at radius 1 is 1.48 bits per heavy atom. The fraction of sp³-hybridized carbons (Fsp3) is 0.562. The molecule has 1 unspecified atom stereocenters. The Bertz CT molecular complexity index is 463. The number of halogens is 1. The predicted molar refractivity (Wildman–Crippen MR) is 86.4 cm³/mol. The Kier molecular flexibility index (Phi) is 6.99. The van der Waals surface area contributed by atoms with Crippen molar-refractivity contribution in [3.05, 3.63) is 29.8 Å². The molecule has 1 aromatic carbocycles. The van der Waals surface area contributed by atoms with Crippen LogP contribution in [-0.2, 0) is 11.3 Å². The average Bonchev–Trinajstić information content (AvgIpc) is 3.21. The van der Waals surface area contributed by atoms with Crippen LogP contribution >= 0.6 is 12.4 Å². The summed E-state index contributed by atoms with van der Waals surface area (Å²) in [5.41, 5.74) is 6.91. The second-order valence-corrected chi connectivity index (χ2v) is 5.73. The summed E-state index contributed by atoms with van der Waals surface area (Å²) in [7, 11) is 0. The highest BCUT2D eigenvalue weighted by atomic mass is 35.5. The molecule has 1 aromatic rings. The van der Waals surface area contributed by atoms with Crippen molar-refractivity contribution in [1.82, 2.24) is 4.90 Å². The van der Waals surface area contributed by atoms with E-state index in [9.17, 15) is 9.90 Å². The summed E-state index contributed by atoms with van der Waals surface area (Å²) in [6.07, 6.45) is 4.04. The molecule has 0 aliphatic heterocycles. The molecule has 4 nitrogen and oxygen atoms in total. The number of nitrogens with two attached hydrogens (primary N) is 1. The van der Waals surface area contributed by atoms with Gasteiger partial charge in [0.2, 0.25) is 5.91 Å². The third kappa shape index (κ3) is 5.56. The van der Waals surface area contributed by atoms with E-state index < -0.39 is 6.04 Å². The lowest BCUT2D eigenvalue weighted by Crippen LogP contribution is -2.44. The minimum absolute atomic E-state index is 0. The highest BCUT2D eigenvalue weighted by molar-refractivity contribution is 5.85. The summed E-state index contributed by atoms with van der Waals surface area (Å²) >= 11 is 0. The van der Waals surface area contributed by atoms with Crippen molar-refractivity contribution < 1.29 is 9.90 Å². The number of amides is 1. The lowest BCUT2D eigenvalue weighted by atomic mass is 10.1. The highest BCUT2D eigenvalue weighted by Gasteiger charge is 2.28. The minimum atomic E-state index is -0.406. The van der Waals surface area contributed by atoms with Crippen LogP contribution in [0.3, 0.4) is 0 Å². The summed E-state index contributed by atoms with van der Waals surface area (Å²) in [6, 6.07) is 6.67. The number of aromatic hydroxyl groups is 1. The van der Waals surface area contributed by atoms with Gasteiger partial charge in [-0.1, -0.05) is 25.5 Å². The lowest BCUT2D eigenvalue weighted by Gasteiger charge is -2.26. The van der Waals surface area contributed by atoms with Gasteiger partial charge in [-0.2, -0.15) is 0 Å². The fourth-order valence-electron chi connectivity index (χ4n) is 2.39. The summed E-state index contributed by atoms with van der Waals surface area (Å²) in [5, 5.41) is 9.52. The minimum Gasteiger partial charge on any atom is -0.508 e. The van der Waals surface area contributed by atoms with E-state index in [0.29, 0.717) is 12.5 Å². The average molecular weight is 313 g/mol. The van der Waals surface area contributed by atoms with E-state index in [1.54, 1.807) is 18.2 Å². The summed E-state index contributed by atoms with van der Waals surface area (Å²) in [4.78, 5) is 14.3. The van der Waals surface area contributed by atoms with Crippen LogP contribution in [-0.4, -0.2) is 28.5 Å². The summed E-state index contributed by atoms with van der Waals surface area (Å²) in [5.74, 6) is 0.895. The Morgan fingerprint density at radius 3 is 2.76 bits per heavy atom. The normalized spacial score (nSPS) is 15.1. The Hall–Kier alpha value is -1.26. The third-order valence-electron chi connectivity index (χ3n) is 3.69. The van der Waals surface area contributed by atoms with Gasteiger partial charge in [-0.25, -0.2) is 0 Å². The third-order valence-corrected chi connectivity index (χ3v) is 3.69. The van der Waals surface area contributed by atoms with Crippen molar-refractivity contribution in [2.24, 2.45) is 11.7 Å². The first kappa shape index (κ1) is 17.8. The number of carbonyl (C=O) groups excluding carboxylic acids is 1. The molecule has 1 saturated carbocycles. The van der Waals surface area contributed by atoms with Crippen molar-refractivity contribution in [3.8, 4) is 5.75 Å².